The molecule has 114 valence electrons. The van der Waals surface area contributed by atoms with Crippen LogP contribution in [0.2, 0.25) is 0 Å². The minimum Gasteiger partial charge on any atom is -0.478 e. The number of carboxylic acid groups (broad SMARTS) is 1. The van der Waals surface area contributed by atoms with Gasteiger partial charge in [0.2, 0.25) is 0 Å². The van der Waals surface area contributed by atoms with Crippen molar-refractivity contribution in [2.45, 2.75) is 51.5 Å². The summed E-state index contributed by atoms with van der Waals surface area (Å²) in [5.41, 5.74) is 3.27. The Morgan fingerprint density at radius 2 is 1.90 bits per heavy atom. The molecule has 1 aliphatic rings. The number of rotatable bonds is 4. The van der Waals surface area contributed by atoms with Crippen LogP contribution in [0.4, 0.5) is 5.69 Å². The molecule has 0 heterocycles. The van der Waals surface area contributed by atoms with Crippen LogP contribution in [0, 0.1) is 6.92 Å². The summed E-state index contributed by atoms with van der Waals surface area (Å²) in [7, 11) is 2.14. The molecular formula is C18H25NO2. The molecular weight excluding hydrogens is 262 g/mol. The smallest absolute Gasteiger partial charge is 0.328 e. The summed E-state index contributed by atoms with van der Waals surface area (Å²) in [6.07, 6.45) is 10.6. The van der Waals surface area contributed by atoms with Gasteiger partial charge in [0, 0.05) is 24.9 Å². The Morgan fingerprint density at radius 1 is 1.24 bits per heavy atom. The van der Waals surface area contributed by atoms with E-state index in [0.717, 1.165) is 16.8 Å². The van der Waals surface area contributed by atoms with E-state index in [1.165, 1.54) is 44.6 Å². The average Bonchev–Trinajstić information content (AvgIpc) is 2.73. The van der Waals surface area contributed by atoms with Gasteiger partial charge >= 0.3 is 5.97 Å². The molecule has 2 rings (SSSR count). The van der Waals surface area contributed by atoms with Crippen molar-refractivity contribution in [2.75, 3.05) is 11.9 Å². The number of carboxylic acids is 1. The van der Waals surface area contributed by atoms with Gasteiger partial charge in [-0.15, -0.1) is 0 Å². The van der Waals surface area contributed by atoms with Crippen LogP contribution < -0.4 is 4.90 Å². The molecule has 0 radical (unpaired) electrons. The minimum atomic E-state index is -0.903. The highest BCUT2D eigenvalue weighted by Crippen LogP contribution is 2.29. The van der Waals surface area contributed by atoms with E-state index >= 15 is 0 Å². The predicted molar refractivity (Wildman–Crippen MR) is 87.7 cm³/mol. The number of anilines is 1. The third kappa shape index (κ3) is 4.35. The first-order valence-corrected chi connectivity index (χ1v) is 7.82. The standard InChI is InChI=1S/C18H25NO2/c1-14-9-11-17(15(13-14)10-12-18(20)21)19(2)16-7-5-3-4-6-8-16/h9-13,16H,3-8H2,1-2H3,(H,20,21)/b12-10+. The lowest BCUT2D eigenvalue weighted by atomic mass is 10.0. The molecule has 1 aromatic carbocycles. The van der Waals surface area contributed by atoms with E-state index in [9.17, 15) is 4.79 Å². The molecule has 1 aromatic rings. The molecule has 0 aromatic heterocycles. The third-order valence-electron chi connectivity index (χ3n) is 4.34. The molecule has 0 saturated heterocycles. The molecule has 3 nitrogen and oxygen atoms in total. The van der Waals surface area contributed by atoms with E-state index in [1.807, 2.05) is 6.92 Å². The second kappa shape index (κ2) is 7.30. The Hall–Kier alpha value is -1.77. The van der Waals surface area contributed by atoms with Gasteiger partial charge in [-0.25, -0.2) is 4.79 Å². The van der Waals surface area contributed by atoms with Crippen LogP contribution in [0.25, 0.3) is 6.08 Å². The largest absolute Gasteiger partial charge is 0.478 e. The Morgan fingerprint density at radius 3 is 2.52 bits per heavy atom. The zero-order chi connectivity index (χ0) is 15.2. The number of benzene rings is 1. The number of aryl methyl sites for hydroxylation is 1. The van der Waals surface area contributed by atoms with Crippen molar-refractivity contribution in [3.63, 3.8) is 0 Å². The van der Waals surface area contributed by atoms with Gasteiger partial charge in [-0.2, -0.15) is 0 Å². The third-order valence-corrected chi connectivity index (χ3v) is 4.34. The van der Waals surface area contributed by atoms with Crippen molar-refractivity contribution in [1.29, 1.82) is 0 Å². The molecule has 3 heteroatoms. The van der Waals surface area contributed by atoms with Gasteiger partial charge in [0.1, 0.15) is 0 Å². The van der Waals surface area contributed by atoms with Crippen molar-refractivity contribution in [1.82, 2.24) is 0 Å². The van der Waals surface area contributed by atoms with Crippen molar-refractivity contribution in [3.8, 4) is 0 Å². The summed E-state index contributed by atoms with van der Waals surface area (Å²) in [4.78, 5) is 13.1. The van der Waals surface area contributed by atoms with Crippen LogP contribution in [0.15, 0.2) is 24.3 Å². The molecule has 0 spiro atoms. The van der Waals surface area contributed by atoms with E-state index in [-0.39, 0.29) is 0 Å². The summed E-state index contributed by atoms with van der Waals surface area (Å²) in [6.45, 7) is 2.04. The van der Waals surface area contributed by atoms with Crippen LogP contribution >= 0.6 is 0 Å². The lowest BCUT2D eigenvalue weighted by molar-refractivity contribution is -0.131. The Bertz CT molecular complexity index is 514. The topological polar surface area (TPSA) is 40.5 Å². The lowest BCUT2D eigenvalue weighted by Gasteiger charge is -2.30. The summed E-state index contributed by atoms with van der Waals surface area (Å²) in [5.74, 6) is -0.903. The summed E-state index contributed by atoms with van der Waals surface area (Å²) in [5, 5.41) is 8.86. The summed E-state index contributed by atoms with van der Waals surface area (Å²) >= 11 is 0. The van der Waals surface area contributed by atoms with Gasteiger partial charge in [0.15, 0.2) is 0 Å². The second-order valence-electron chi connectivity index (χ2n) is 5.99. The van der Waals surface area contributed by atoms with Crippen LogP contribution in [0.3, 0.4) is 0 Å². The maximum absolute atomic E-state index is 10.8. The van der Waals surface area contributed by atoms with E-state index in [2.05, 4.69) is 30.1 Å². The van der Waals surface area contributed by atoms with E-state index < -0.39 is 5.97 Å². The quantitative estimate of drug-likeness (QED) is 0.664. The normalized spacial score (nSPS) is 16.9. The van der Waals surface area contributed by atoms with Crippen LogP contribution in [-0.2, 0) is 4.79 Å². The number of carbonyl (C=O) groups is 1. The lowest BCUT2D eigenvalue weighted by Crippen LogP contribution is -2.31. The van der Waals surface area contributed by atoms with Gasteiger partial charge < -0.3 is 10.0 Å². The molecule has 0 bridgehead atoms. The maximum Gasteiger partial charge on any atom is 0.328 e. The molecule has 0 aliphatic heterocycles. The first-order valence-electron chi connectivity index (χ1n) is 7.82. The van der Waals surface area contributed by atoms with Gasteiger partial charge in [0.05, 0.1) is 0 Å². The van der Waals surface area contributed by atoms with Crippen LogP contribution in [0.5, 0.6) is 0 Å². The Labute approximate surface area is 127 Å². The molecule has 1 N–H and O–H groups in total. The zero-order valence-corrected chi connectivity index (χ0v) is 13.0. The van der Waals surface area contributed by atoms with E-state index in [1.54, 1.807) is 6.08 Å². The predicted octanol–water partition coefficient (Wildman–Crippen LogP) is 4.25. The number of nitrogens with zero attached hydrogens (tertiary/aromatic N) is 1. The van der Waals surface area contributed by atoms with Gasteiger partial charge in [0.25, 0.3) is 0 Å². The molecule has 0 atom stereocenters. The van der Waals surface area contributed by atoms with Crippen LogP contribution in [0.1, 0.15) is 49.7 Å². The zero-order valence-electron chi connectivity index (χ0n) is 13.0. The van der Waals surface area contributed by atoms with Crippen molar-refractivity contribution >= 4 is 17.7 Å². The fourth-order valence-corrected chi connectivity index (χ4v) is 3.13. The van der Waals surface area contributed by atoms with Crippen molar-refractivity contribution in [2.24, 2.45) is 0 Å². The Kier molecular flexibility index (Phi) is 5.43. The fourth-order valence-electron chi connectivity index (χ4n) is 3.13. The molecule has 1 fully saturated rings. The van der Waals surface area contributed by atoms with E-state index in [0.29, 0.717) is 6.04 Å². The van der Waals surface area contributed by atoms with Gasteiger partial charge in [-0.1, -0.05) is 37.3 Å². The number of hydrogen-bond acceptors (Lipinski definition) is 2. The van der Waals surface area contributed by atoms with Crippen molar-refractivity contribution < 1.29 is 9.90 Å². The Balaban J connectivity index is 2.26. The van der Waals surface area contributed by atoms with Crippen LogP contribution in [-0.4, -0.2) is 24.2 Å². The molecule has 0 amide bonds. The first-order chi connectivity index (χ1) is 10.1. The summed E-state index contributed by atoms with van der Waals surface area (Å²) < 4.78 is 0. The number of hydrogen-bond donors (Lipinski definition) is 1. The van der Waals surface area contributed by atoms with Crippen molar-refractivity contribution in [3.05, 3.63) is 35.4 Å². The van der Waals surface area contributed by atoms with Gasteiger partial charge in [-0.3, -0.25) is 0 Å². The minimum absolute atomic E-state index is 0.562. The highest BCUT2D eigenvalue weighted by molar-refractivity contribution is 5.87. The monoisotopic (exact) mass is 287 g/mol. The number of aliphatic carboxylic acids is 1. The molecule has 0 unspecified atom stereocenters. The van der Waals surface area contributed by atoms with E-state index in [4.69, 9.17) is 5.11 Å². The highest BCUT2D eigenvalue weighted by Gasteiger charge is 2.18. The molecule has 1 saturated carbocycles. The molecule has 21 heavy (non-hydrogen) atoms. The van der Waals surface area contributed by atoms with Gasteiger partial charge in [-0.05, 0) is 43.5 Å². The summed E-state index contributed by atoms with van der Waals surface area (Å²) in [6, 6.07) is 6.83. The maximum atomic E-state index is 10.8. The highest BCUT2D eigenvalue weighted by atomic mass is 16.4. The fraction of sp³-hybridized carbons (Fsp3) is 0.500. The second-order valence-corrected chi connectivity index (χ2v) is 5.99. The first kappa shape index (κ1) is 15.6. The SMILES string of the molecule is Cc1ccc(N(C)C2CCCCCC2)c(/C=C/C(=O)O)c1. The molecule has 1 aliphatic carbocycles. The average molecular weight is 287 g/mol.